The van der Waals surface area contributed by atoms with Gasteiger partial charge in [0.2, 0.25) is 5.96 Å². The van der Waals surface area contributed by atoms with Crippen molar-refractivity contribution in [3.05, 3.63) is 53.3 Å². The number of hydrogen-bond acceptors (Lipinski definition) is 8. The molecule has 2 fully saturated rings. The molecule has 3 N–H and O–H groups in total. The van der Waals surface area contributed by atoms with Crippen molar-refractivity contribution in [2.45, 2.75) is 64.7 Å². The lowest BCUT2D eigenvalue weighted by Crippen LogP contribution is -2.50. The Kier molecular flexibility index (Phi) is 8.27. The second-order valence-corrected chi connectivity index (χ2v) is 9.58. The Morgan fingerprint density at radius 2 is 1.87 bits per heavy atom. The number of halogens is 3. The zero-order valence-corrected chi connectivity index (χ0v) is 22.5. The van der Waals surface area contributed by atoms with Gasteiger partial charge in [0.1, 0.15) is 5.84 Å². The van der Waals surface area contributed by atoms with Gasteiger partial charge in [-0.05, 0) is 43.7 Å². The van der Waals surface area contributed by atoms with Crippen LogP contribution in [0.4, 0.5) is 24.5 Å². The van der Waals surface area contributed by atoms with Crippen LogP contribution in [0.1, 0.15) is 58.4 Å². The first-order valence-electron chi connectivity index (χ1n) is 13.1. The van der Waals surface area contributed by atoms with E-state index in [1.165, 1.54) is 6.07 Å². The second-order valence-electron chi connectivity index (χ2n) is 9.58. The van der Waals surface area contributed by atoms with Gasteiger partial charge in [0, 0.05) is 39.1 Å². The molecule has 8 nitrogen and oxygen atoms in total. The molecule has 2 aliphatic heterocycles. The number of fused-ring (bicyclic) bond motifs is 1. The monoisotopic (exact) mass is 533 g/mol. The number of morpholine rings is 1. The quantitative estimate of drug-likeness (QED) is 0.440. The number of aliphatic imine (C=N–C) groups is 2. The number of amidine groups is 1. The van der Waals surface area contributed by atoms with Gasteiger partial charge in [-0.3, -0.25) is 10.4 Å². The molecule has 38 heavy (non-hydrogen) atoms. The summed E-state index contributed by atoms with van der Waals surface area (Å²) in [6.07, 6.45) is 1.99. The van der Waals surface area contributed by atoms with Gasteiger partial charge in [0.05, 0.1) is 42.9 Å². The maximum absolute atomic E-state index is 15.1. The predicted molar refractivity (Wildman–Crippen MR) is 146 cm³/mol. The summed E-state index contributed by atoms with van der Waals surface area (Å²) >= 11 is 0. The van der Waals surface area contributed by atoms with Crippen LogP contribution >= 0.6 is 0 Å². The Hall–Kier alpha value is -3.18. The highest BCUT2D eigenvalue weighted by Gasteiger charge is 2.63. The van der Waals surface area contributed by atoms with Crippen LogP contribution in [0.5, 0.6) is 0 Å². The minimum Gasteiger partial charge on any atom is -0.378 e. The van der Waals surface area contributed by atoms with E-state index < -0.39 is 17.6 Å². The highest BCUT2D eigenvalue weighted by Crippen LogP contribution is 2.47. The number of alkyl halides is 3. The molecule has 5 rings (SSSR count). The molecule has 3 heterocycles. The van der Waals surface area contributed by atoms with E-state index in [9.17, 15) is 8.78 Å². The first kappa shape index (κ1) is 27.8. The molecule has 1 aromatic carbocycles. The van der Waals surface area contributed by atoms with Crippen LogP contribution in [0, 0.1) is 6.92 Å². The van der Waals surface area contributed by atoms with Crippen LogP contribution in [0.25, 0.3) is 0 Å². The van der Waals surface area contributed by atoms with E-state index in [2.05, 4.69) is 31.1 Å². The van der Waals surface area contributed by atoms with Gasteiger partial charge in [-0.15, -0.1) is 0 Å². The summed E-state index contributed by atoms with van der Waals surface area (Å²) in [4.78, 5) is 15.2. The number of hydrazine groups is 1. The van der Waals surface area contributed by atoms with Crippen molar-refractivity contribution in [1.29, 1.82) is 0 Å². The lowest BCUT2D eigenvalue weighted by Gasteiger charge is -2.32. The van der Waals surface area contributed by atoms with Crippen molar-refractivity contribution in [2.24, 2.45) is 9.98 Å². The van der Waals surface area contributed by atoms with Crippen LogP contribution in [-0.4, -0.2) is 59.7 Å². The maximum Gasteiger partial charge on any atom is 0.270 e. The predicted octanol–water partition coefficient (Wildman–Crippen LogP) is 5.25. The summed E-state index contributed by atoms with van der Waals surface area (Å²) < 4.78 is 48.2. The molecule has 3 aliphatic rings. The van der Waals surface area contributed by atoms with E-state index >= 15 is 4.39 Å². The number of benzene rings is 1. The van der Waals surface area contributed by atoms with Crippen LogP contribution < -0.4 is 16.2 Å². The average Bonchev–Trinajstić information content (AvgIpc) is 3.60. The molecular formula is C27H38F3N7O. The van der Waals surface area contributed by atoms with Crippen molar-refractivity contribution in [2.75, 3.05) is 31.6 Å². The summed E-state index contributed by atoms with van der Waals surface area (Å²) in [7, 11) is 0. The van der Waals surface area contributed by atoms with Crippen molar-refractivity contribution in [3.8, 4) is 0 Å². The number of guanidine groups is 1. The Morgan fingerprint density at radius 3 is 2.53 bits per heavy atom. The van der Waals surface area contributed by atoms with Gasteiger partial charge >= 0.3 is 0 Å². The minimum atomic E-state index is -2.92. The number of nitrogens with one attached hydrogen (secondary N) is 3. The fourth-order valence-corrected chi connectivity index (χ4v) is 4.47. The second kappa shape index (κ2) is 11.3. The molecule has 2 aromatic rings. The van der Waals surface area contributed by atoms with Gasteiger partial charge in [0.15, 0.2) is 5.67 Å². The van der Waals surface area contributed by atoms with E-state index in [1.54, 1.807) is 25.3 Å². The lowest BCUT2D eigenvalue weighted by molar-refractivity contribution is 0.0169. The number of pyridine rings is 1. The number of ether oxygens (including phenoxy) is 1. The third-order valence-corrected chi connectivity index (χ3v) is 6.66. The van der Waals surface area contributed by atoms with E-state index in [0.29, 0.717) is 61.5 Å². The Balaban J connectivity index is 0.00000137. The van der Waals surface area contributed by atoms with E-state index in [-0.39, 0.29) is 13.0 Å². The molecule has 1 aromatic heterocycles. The third-order valence-electron chi connectivity index (χ3n) is 6.66. The Labute approximate surface area is 223 Å². The average molecular weight is 534 g/mol. The fraction of sp³-hybridized carbons (Fsp3) is 0.519. The first-order valence-corrected chi connectivity index (χ1v) is 13.1. The molecule has 0 spiro atoms. The zero-order valence-electron chi connectivity index (χ0n) is 22.5. The first-order chi connectivity index (χ1) is 18.1. The maximum atomic E-state index is 15.1. The van der Waals surface area contributed by atoms with Gasteiger partial charge in [-0.2, -0.15) is 4.99 Å². The van der Waals surface area contributed by atoms with Crippen molar-refractivity contribution >= 4 is 23.2 Å². The van der Waals surface area contributed by atoms with Crippen LogP contribution in [-0.2, 0) is 10.7 Å². The topological polar surface area (TPSA) is 86.2 Å². The molecule has 1 aliphatic carbocycles. The number of rotatable bonds is 6. The lowest BCUT2D eigenvalue weighted by atomic mass is 10.0. The fourth-order valence-electron chi connectivity index (χ4n) is 4.47. The summed E-state index contributed by atoms with van der Waals surface area (Å²) in [5.74, 6) is -2.14. The molecule has 11 heteroatoms. The van der Waals surface area contributed by atoms with Gasteiger partial charge in [-0.1, -0.05) is 19.9 Å². The summed E-state index contributed by atoms with van der Waals surface area (Å²) in [5.41, 5.74) is 7.18. The molecule has 0 bridgehead atoms. The molecule has 0 radical (unpaired) electrons. The normalized spacial score (nSPS) is 23.3. The standard InChI is InChI=1S/C25H30F3N7O.C2H6.H2/c1-15-4-5-17(12-19(15)24(3,26)27)30-18-6-7-20(29-14-18)16(2)33-34-23-31-21-13-25(21,28)22(32-23)35-8-10-36-11-9-35;1-2;/h4-7,12,14,16,21,30,33H,8-11,13H2,1-3H3,(H,31,34);1-2H3;1H. The number of hydrogen-bond donors (Lipinski definition) is 3. The number of nitrogens with zero attached hydrogens (tertiary/aromatic N) is 4. The third kappa shape index (κ3) is 6.10. The van der Waals surface area contributed by atoms with Crippen molar-refractivity contribution in [1.82, 2.24) is 20.7 Å². The highest BCUT2D eigenvalue weighted by molar-refractivity contribution is 6.05. The molecule has 0 amide bonds. The van der Waals surface area contributed by atoms with Gasteiger partial charge in [-0.25, -0.2) is 23.6 Å². The van der Waals surface area contributed by atoms with Gasteiger partial charge in [0.25, 0.3) is 5.92 Å². The number of aromatic nitrogens is 1. The summed E-state index contributed by atoms with van der Waals surface area (Å²) in [6.45, 7) is 10.8. The van der Waals surface area contributed by atoms with Crippen LogP contribution in [0.3, 0.4) is 0 Å². The van der Waals surface area contributed by atoms with Crippen LogP contribution in [0.2, 0.25) is 0 Å². The largest absolute Gasteiger partial charge is 0.378 e. The SMILES string of the molecule is CC.Cc1ccc(Nc2ccc(C(C)NNC3=NC4CC4(F)C(N4CCOCC4)=N3)nc2)cc1C(C)(F)F.[HH]. The van der Waals surface area contributed by atoms with E-state index in [0.717, 1.165) is 12.6 Å². The van der Waals surface area contributed by atoms with Crippen molar-refractivity contribution < 1.29 is 19.3 Å². The molecule has 208 valence electrons. The summed E-state index contributed by atoms with van der Waals surface area (Å²) in [5, 5.41) is 3.12. The summed E-state index contributed by atoms with van der Waals surface area (Å²) in [6, 6.07) is 7.94. The van der Waals surface area contributed by atoms with Crippen molar-refractivity contribution in [3.63, 3.8) is 0 Å². The smallest absolute Gasteiger partial charge is 0.270 e. The van der Waals surface area contributed by atoms with Crippen LogP contribution in [0.15, 0.2) is 46.5 Å². The zero-order chi connectivity index (χ0) is 27.5. The molecule has 3 atom stereocenters. The molecular weight excluding hydrogens is 495 g/mol. The molecule has 1 saturated heterocycles. The number of aryl methyl sites for hydroxylation is 1. The Morgan fingerprint density at radius 1 is 1.16 bits per heavy atom. The van der Waals surface area contributed by atoms with E-state index in [1.807, 2.05) is 37.8 Å². The minimum absolute atomic E-state index is 0. The number of anilines is 2. The highest BCUT2D eigenvalue weighted by atomic mass is 19.3. The van der Waals surface area contributed by atoms with Gasteiger partial charge < -0.3 is 15.0 Å². The molecule has 3 unspecified atom stereocenters. The van der Waals surface area contributed by atoms with E-state index in [4.69, 9.17) is 4.74 Å². The molecule has 1 saturated carbocycles. The Bertz CT molecular complexity index is 1180.